The molecule has 2 heterocycles. The summed E-state index contributed by atoms with van der Waals surface area (Å²) in [5, 5.41) is 2.82. The van der Waals surface area contributed by atoms with Crippen molar-refractivity contribution in [3.63, 3.8) is 0 Å². The van der Waals surface area contributed by atoms with Crippen LogP contribution in [0, 0.1) is 29.6 Å². The lowest BCUT2D eigenvalue weighted by molar-refractivity contribution is -0.149. The summed E-state index contributed by atoms with van der Waals surface area (Å²) in [4.78, 5) is 67.0. The number of thiazole rings is 1. The predicted octanol–water partition coefficient (Wildman–Crippen LogP) is 8.39. The van der Waals surface area contributed by atoms with E-state index in [4.69, 9.17) is 9.47 Å². The van der Waals surface area contributed by atoms with E-state index >= 15 is 0 Å². The summed E-state index contributed by atoms with van der Waals surface area (Å²) in [6.07, 6.45) is 9.54. The second-order valence-electron chi connectivity index (χ2n) is 17.2. The molecule has 2 rings (SSSR count). The fraction of sp³-hybridized carbons (Fsp3) is 0.717. The van der Waals surface area contributed by atoms with Gasteiger partial charge < -0.3 is 19.3 Å². The number of likely N-dealkylation sites (N-methyl/N-ethyl adjacent to an activating group) is 2. The van der Waals surface area contributed by atoms with Crippen LogP contribution in [0.4, 0.5) is 0 Å². The molecule has 11 heteroatoms. The summed E-state index contributed by atoms with van der Waals surface area (Å²) in [6, 6.07) is -0.777. The zero-order chi connectivity index (χ0) is 43.1. The molecule has 1 aliphatic rings. The maximum atomic E-state index is 14.5. The molecule has 0 aliphatic carbocycles. The van der Waals surface area contributed by atoms with Gasteiger partial charge >= 0.3 is 0 Å². The standard InChI is InChI=1S/C46H76N4O6S/c1-16-20-34(18-3)25-35(45-47-22-24-57-45)26-38(51)33(11)44(56-15)37-21-19-23-50(37)41(53)28-40(55-14)43(32(10)17-2)49(13)46(54)36(29(4)5)27-39(52)42(30(6)7)48(12)31(8)9/h16,18,20,22,24,29-33,35-37,40,42-44H,1,3,17,19,21,23,25-28H2,2,4-15H3/b34-20+/t32-,33-,35+,36-,37-,40+,42-,43-,44+/m0/s1. The van der Waals surface area contributed by atoms with Crippen LogP contribution >= 0.6 is 11.3 Å². The molecule has 57 heavy (non-hydrogen) atoms. The number of allylic oxidation sites excluding steroid dienone is 4. The number of ether oxygens (including phenoxy) is 2. The van der Waals surface area contributed by atoms with Crippen LogP contribution in [0.1, 0.15) is 118 Å². The molecule has 0 unspecified atom stereocenters. The van der Waals surface area contributed by atoms with Gasteiger partial charge in [-0.1, -0.05) is 86.3 Å². The normalized spacial score (nSPS) is 19.3. The Morgan fingerprint density at radius 1 is 0.947 bits per heavy atom. The molecule has 1 fully saturated rings. The van der Waals surface area contributed by atoms with Gasteiger partial charge in [-0.05, 0) is 63.5 Å². The predicted molar refractivity (Wildman–Crippen MR) is 233 cm³/mol. The molecule has 1 aliphatic heterocycles. The van der Waals surface area contributed by atoms with Crippen LogP contribution in [-0.2, 0) is 28.7 Å². The number of hydrogen-bond donors (Lipinski definition) is 0. The van der Waals surface area contributed by atoms with Gasteiger partial charge in [0, 0.05) is 76.0 Å². The molecule has 10 nitrogen and oxygen atoms in total. The highest BCUT2D eigenvalue weighted by molar-refractivity contribution is 7.09. The van der Waals surface area contributed by atoms with Gasteiger partial charge in [0.05, 0.1) is 41.8 Å². The Hall–Kier alpha value is -2.99. The van der Waals surface area contributed by atoms with Crippen LogP contribution in [0.2, 0.25) is 0 Å². The topological polar surface area (TPSA) is 109 Å². The molecule has 0 saturated carbocycles. The maximum Gasteiger partial charge on any atom is 0.226 e. The summed E-state index contributed by atoms with van der Waals surface area (Å²) in [7, 11) is 7.00. The van der Waals surface area contributed by atoms with E-state index in [9.17, 15) is 19.2 Å². The van der Waals surface area contributed by atoms with Gasteiger partial charge in [0.2, 0.25) is 11.8 Å². The number of Topliss-reactive ketones (excluding diaryl/α,β-unsaturated/α-hetero) is 2. The third-order valence-corrected chi connectivity index (χ3v) is 13.4. The molecule has 1 aromatic heterocycles. The first-order valence-corrected chi connectivity index (χ1v) is 22.0. The minimum absolute atomic E-state index is 0.0168. The van der Waals surface area contributed by atoms with Crippen molar-refractivity contribution in [3.8, 4) is 0 Å². The highest BCUT2D eigenvalue weighted by Crippen LogP contribution is 2.34. The number of amides is 2. The van der Waals surface area contributed by atoms with Crippen molar-refractivity contribution in [3.05, 3.63) is 53.5 Å². The first-order chi connectivity index (χ1) is 26.9. The summed E-state index contributed by atoms with van der Waals surface area (Å²) in [5.41, 5.74) is 0.986. The molecule has 0 aromatic carbocycles. The lowest BCUT2D eigenvalue weighted by atomic mass is 9.83. The van der Waals surface area contributed by atoms with Crippen LogP contribution in [0.15, 0.2) is 48.5 Å². The summed E-state index contributed by atoms with van der Waals surface area (Å²) >= 11 is 1.54. The van der Waals surface area contributed by atoms with Gasteiger partial charge in [-0.15, -0.1) is 11.3 Å². The first-order valence-electron chi connectivity index (χ1n) is 21.1. The van der Waals surface area contributed by atoms with E-state index in [1.165, 1.54) is 11.3 Å². The lowest BCUT2D eigenvalue weighted by Crippen LogP contribution is -2.54. The fourth-order valence-corrected chi connectivity index (χ4v) is 9.45. The highest BCUT2D eigenvalue weighted by Gasteiger charge is 2.43. The molecular weight excluding hydrogens is 737 g/mol. The van der Waals surface area contributed by atoms with E-state index in [1.807, 2.05) is 44.2 Å². The SMILES string of the molecule is C=C/C=C(\C=C)C[C@H](CC(=O)[C@H](C)[C@@H](OC)[C@@H]1CCCN1C(=O)C[C@@H](OC)[C@H]([C@@H](C)CC)N(C)C(=O)[C@@H](CC(=O)[C@H](C(C)C)N(C)C(C)C)C(C)C)c1nccs1. The number of carbonyl (C=O) groups is 4. The average Bonchev–Trinajstić information content (AvgIpc) is 3.89. The molecular formula is C46H76N4O6S. The third kappa shape index (κ3) is 13.5. The smallest absolute Gasteiger partial charge is 0.226 e. The molecule has 0 spiro atoms. The molecule has 1 saturated heterocycles. The van der Waals surface area contributed by atoms with E-state index < -0.39 is 30.1 Å². The van der Waals surface area contributed by atoms with Gasteiger partial charge in [0.15, 0.2) is 5.78 Å². The Morgan fingerprint density at radius 3 is 2.11 bits per heavy atom. The zero-order valence-corrected chi connectivity index (χ0v) is 38.3. The van der Waals surface area contributed by atoms with Crippen LogP contribution in [0.25, 0.3) is 0 Å². The molecule has 1 aromatic rings. The van der Waals surface area contributed by atoms with Crippen molar-refractivity contribution in [2.75, 3.05) is 34.9 Å². The quantitative estimate of drug-likeness (QED) is 0.0859. The van der Waals surface area contributed by atoms with Crippen LogP contribution in [0.3, 0.4) is 0 Å². The monoisotopic (exact) mass is 813 g/mol. The van der Waals surface area contributed by atoms with Gasteiger partial charge in [0.1, 0.15) is 5.78 Å². The summed E-state index contributed by atoms with van der Waals surface area (Å²) in [5.74, 6) is -1.09. The lowest BCUT2D eigenvalue weighted by Gasteiger charge is -2.41. The number of rotatable bonds is 26. The van der Waals surface area contributed by atoms with Crippen LogP contribution in [-0.4, -0.2) is 114 Å². The van der Waals surface area contributed by atoms with Gasteiger partial charge in [-0.3, -0.25) is 24.1 Å². The highest BCUT2D eigenvalue weighted by atomic mass is 32.1. The van der Waals surface area contributed by atoms with E-state index in [0.717, 1.165) is 29.8 Å². The van der Waals surface area contributed by atoms with Crippen molar-refractivity contribution < 1.29 is 28.7 Å². The average molecular weight is 813 g/mol. The molecule has 0 N–H and O–H groups in total. The Bertz CT molecular complexity index is 1470. The molecule has 9 atom stereocenters. The van der Waals surface area contributed by atoms with Crippen molar-refractivity contribution in [1.29, 1.82) is 0 Å². The Kier molecular flexibility index (Phi) is 21.3. The van der Waals surface area contributed by atoms with Gasteiger partial charge in [-0.2, -0.15) is 0 Å². The first kappa shape index (κ1) is 50.2. The largest absolute Gasteiger partial charge is 0.379 e. The molecule has 2 amide bonds. The second kappa shape index (κ2) is 24.2. The number of likely N-dealkylation sites (tertiary alicyclic amines) is 1. The maximum absolute atomic E-state index is 14.5. The molecule has 0 radical (unpaired) electrons. The van der Waals surface area contributed by atoms with Crippen molar-refractivity contribution >= 4 is 34.7 Å². The Morgan fingerprint density at radius 2 is 1.61 bits per heavy atom. The number of hydrogen-bond acceptors (Lipinski definition) is 9. The Labute approximate surface area is 349 Å². The fourth-order valence-electron chi connectivity index (χ4n) is 8.70. The molecule has 0 bridgehead atoms. The number of ketones is 2. The van der Waals surface area contributed by atoms with E-state index in [1.54, 1.807) is 44.5 Å². The summed E-state index contributed by atoms with van der Waals surface area (Å²) in [6.45, 7) is 26.7. The van der Waals surface area contributed by atoms with Crippen molar-refractivity contribution in [2.24, 2.45) is 29.6 Å². The van der Waals surface area contributed by atoms with E-state index in [2.05, 4.69) is 64.6 Å². The van der Waals surface area contributed by atoms with Crippen molar-refractivity contribution in [1.82, 2.24) is 19.7 Å². The number of nitrogens with zero attached hydrogens (tertiary/aromatic N) is 4. The number of aromatic nitrogens is 1. The van der Waals surface area contributed by atoms with Gasteiger partial charge in [0.25, 0.3) is 0 Å². The summed E-state index contributed by atoms with van der Waals surface area (Å²) < 4.78 is 12.2. The third-order valence-electron chi connectivity index (χ3n) is 12.4. The Balaban J connectivity index is 2.32. The zero-order valence-electron chi connectivity index (χ0n) is 37.5. The minimum atomic E-state index is -0.580. The van der Waals surface area contributed by atoms with E-state index in [-0.39, 0.29) is 84.4 Å². The van der Waals surface area contributed by atoms with Gasteiger partial charge in [-0.25, -0.2) is 4.98 Å². The number of methoxy groups -OCH3 is 2. The number of carbonyl (C=O) groups excluding carboxylic acids is 4. The molecule has 322 valence electrons. The van der Waals surface area contributed by atoms with Crippen LogP contribution < -0.4 is 0 Å². The van der Waals surface area contributed by atoms with Crippen molar-refractivity contribution in [2.45, 2.75) is 150 Å². The van der Waals surface area contributed by atoms with Crippen LogP contribution in [0.5, 0.6) is 0 Å². The minimum Gasteiger partial charge on any atom is -0.379 e. The van der Waals surface area contributed by atoms with E-state index in [0.29, 0.717) is 13.0 Å². The second-order valence-corrected chi connectivity index (χ2v) is 18.1.